The molecule has 1 N–H and O–H groups in total. The topological polar surface area (TPSA) is 41.6 Å². The Hall–Kier alpha value is -1.37. The molecule has 2 heterocycles. The smallest absolute Gasteiger partial charge is 0.410 e. The maximum atomic E-state index is 12.4. The van der Waals surface area contributed by atoms with Crippen molar-refractivity contribution in [3.8, 4) is 0 Å². The number of carbonyl (C=O) groups excluding carboxylic acids is 1. The summed E-state index contributed by atoms with van der Waals surface area (Å²) in [6.45, 7) is 9.84. The normalized spacial score (nSPS) is 11.7. The van der Waals surface area contributed by atoms with Gasteiger partial charge in [-0.05, 0) is 50.1 Å². The van der Waals surface area contributed by atoms with Gasteiger partial charge in [0.15, 0.2) is 0 Å². The zero-order valence-electron chi connectivity index (χ0n) is 15.5. The van der Waals surface area contributed by atoms with Gasteiger partial charge in [-0.25, -0.2) is 4.79 Å². The molecule has 2 aromatic rings. The van der Waals surface area contributed by atoms with Gasteiger partial charge >= 0.3 is 6.09 Å². The lowest BCUT2D eigenvalue weighted by Gasteiger charge is -2.28. The minimum atomic E-state index is -0.465. The van der Waals surface area contributed by atoms with Crippen LogP contribution in [0.5, 0.6) is 0 Å². The molecule has 0 unspecified atom stereocenters. The first-order valence-electron chi connectivity index (χ1n) is 8.69. The van der Waals surface area contributed by atoms with Gasteiger partial charge < -0.3 is 15.0 Å². The zero-order valence-corrected chi connectivity index (χ0v) is 17.1. The van der Waals surface area contributed by atoms with Crippen LogP contribution in [0.15, 0.2) is 35.0 Å². The molecular weight excluding hydrogens is 352 g/mol. The number of carbonyl (C=O) groups is 1. The Morgan fingerprint density at radius 3 is 2.20 bits per heavy atom. The highest BCUT2D eigenvalue weighted by Gasteiger charge is 2.22. The molecular formula is C19H28N2O2S2. The fourth-order valence-corrected chi connectivity index (χ4v) is 4.20. The molecule has 2 aromatic heterocycles. The summed E-state index contributed by atoms with van der Waals surface area (Å²) in [7, 11) is 0. The third-order valence-electron chi connectivity index (χ3n) is 3.53. The standard InChI is InChI=1S/C19H28N2O2S2/c1-5-11-21(18(22)23-19(2,3)4)12-10-20-17(15-8-6-13-24-15)16-9-7-14-25-16/h6-9,13-14,17,20H,5,10-12H2,1-4H3. The largest absolute Gasteiger partial charge is 0.444 e. The summed E-state index contributed by atoms with van der Waals surface area (Å²) in [5.74, 6) is 0. The van der Waals surface area contributed by atoms with E-state index in [4.69, 9.17) is 4.74 Å². The fraction of sp³-hybridized carbons (Fsp3) is 0.526. The lowest BCUT2D eigenvalue weighted by atomic mass is 10.2. The second kappa shape index (κ2) is 9.36. The van der Waals surface area contributed by atoms with Gasteiger partial charge in [0, 0.05) is 29.4 Å². The molecule has 0 spiro atoms. The minimum Gasteiger partial charge on any atom is -0.444 e. The summed E-state index contributed by atoms with van der Waals surface area (Å²) >= 11 is 3.50. The second-order valence-corrected chi connectivity index (χ2v) is 8.84. The van der Waals surface area contributed by atoms with Crippen LogP contribution in [0.1, 0.15) is 49.9 Å². The molecule has 1 amide bonds. The van der Waals surface area contributed by atoms with E-state index in [1.807, 2.05) is 20.8 Å². The molecule has 0 saturated heterocycles. The highest BCUT2D eigenvalue weighted by molar-refractivity contribution is 7.11. The molecule has 25 heavy (non-hydrogen) atoms. The van der Waals surface area contributed by atoms with Crippen LogP contribution < -0.4 is 5.32 Å². The predicted molar refractivity (Wildman–Crippen MR) is 107 cm³/mol. The molecule has 0 aliphatic rings. The van der Waals surface area contributed by atoms with E-state index in [1.165, 1.54) is 9.75 Å². The van der Waals surface area contributed by atoms with Crippen LogP contribution in [0.3, 0.4) is 0 Å². The van der Waals surface area contributed by atoms with Gasteiger partial charge in [0.1, 0.15) is 5.60 Å². The van der Waals surface area contributed by atoms with Crippen LogP contribution in [-0.4, -0.2) is 36.2 Å². The first-order valence-corrected chi connectivity index (χ1v) is 10.4. The van der Waals surface area contributed by atoms with Crippen LogP contribution in [0.2, 0.25) is 0 Å². The van der Waals surface area contributed by atoms with E-state index in [2.05, 4.69) is 47.3 Å². The number of hydrogen-bond acceptors (Lipinski definition) is 5. The molecule has 0 aliphatic carbocycles. The van der Waals surface area contributed by atoms with Crippen molar-refractivity contribution in [1.82, 2.24) is 10.2 Å². The summed E-state index contributed by atoms with van der Waals surface area (Å²) in [5, 5.41) is 7.80. The van der Waals surface area contributed by atoms with Gasteiger partial charge in [0.05, 0.1) is 6.04 Å². The van der Waals surface area contributed by atoms with Crippen LogP contribution in [-0.2, 0) is 4.74 Å². The lowest BCUT2D eigenvalue weighted by Crippen LogP contribution is -2.41. The fourth-order valence-electron chi connectivity index (χ4n) is 2.49. The van der Waals surface area contributed by atoms with E-state index in [9.17, 15) is 4.79 Å². The third-order valence-corrected chi connectivity index (χ3v) is 5.41. The van der Waals surface area contributed by atoms with Gasteiger partial charge in [-0.15, -0.1) is 22.7 Å². The molecule has 138 valence electrons. The van der Waals surface area contributed by atoms with Crippen LogP contribution in [0.4, 0.5) is 4.79 Å². The van der Waals surface area contributed by atoms with Crippen molar-refractivity contribution in [3.05, 3.63) is 44.8 Å². The number of thiophene rings is 2. The minimum absolute atomic E-state index is 0.183. The average molecular weight is 381 g/mol. The monoisotopic (exact) mass is 380 g/mol. The molecule has 0 radical (unpaired) electrons. The Morgan fingerprint density at radius 2 is 1.76 bits per heavy atom. The van der Waals surface area contributed by atoms with E-state index in [-0.39, 0.29) is 12.1 Å². The van der Waals surface area contributed by atoms with E-state index < -0.39 is 5.60 Å². The van der Waals surface area contributed by atoms with E-state index in [0.29, 0.717) is 13.1 Å². The number of hydrogen-bond donors (Lipinski definition) is 1. The maximum Gasteiger partial charge on any atom is 0.410 e. The predicted octanol–water partition coefficient (Wildman–Crippen LogP) is 5.14. The Labute approximate surface area is 158 Å². The molecule has 6 heteroatoms. The van der Waals surface area contributed by atoms with E-state index in [0.717, 1.165) is 13.0 Å². The van der Waals surface area contributed by atoms with Crippen LogP contribution >= 0.6 is 22.7 Å². The van der Waals surface area contributed by atoms with Crippen molar-refractivity contribution < 1.29 is 9.53 Å². The Kier molecular flexibility index (Phi) is 7.47. The quantitative estimate of drug-likeness (QED) is 0.690. The number of amides is 1. The van der Waals surface area contributed by atoms with Gasteiger partial charge in [0.2, 0.25) is 0 Å². The summed E-state index contributed by atoms with van der Waals surface area (Å²) in [4.78, 5) is 16.7. The van der Waals surface area contributed by atoms with Crippen molar-refractivity contribution in [2.75, 3.05) is 19.6 Å². The SMILES string of the molecule is CCCN(CCNC(c1cccs1)c1cccs1)C(=O)OC(C)(C)C. The highest BCUT2D eigenvalue weighted by Crippen LogP contribution is 2.28. The molecule has 2 rings (SSSR count). The van der Waals surface area contributed by atoms with Crippen molar-refractivity contribution in [2.45, 2.75) is 45.8 Å². The number of nitrogens with zero attached hydrogens (tertiary/aromatic N) is 1. The summed E-state index contributed by atoms with van der Waals surface area (Å²) in [6.07, 6.45) is 0.679. The van der Waals surface area contributed by atoms with Crippen molar-refractivity contribution in [2.24, 2.45) is 0 Å². The first kappa shape index (κ1) is 19.9. The Morgan fingerprint density at radius 1 is 1.16 bits per heavy atom. The molecule has 0 fully saturated rings. The van der Waals surface area contributed by atoms with Gasteiger partial charge in [-0.2, -0.15) is 0 Å². The number of nitrogens with one attached hydrogen (secondary N) is 1. The molecule has 0 atom stereocenters. The summed E-state index contributed by atoms with van der Waals surface area (Å²) in [6, 6.07) is 8.64. The van der Waals surface area contributed by atoms with Gasteiger partial charge in [-0.1, -0.05) is 19.1 Å². The molecule has 4 nitrogen and oxygen atoms in total. The van der Waals surface area contributed by atoms with E-state index in [1.54, 1.807) is 27.6 Å². The average Bonchev–Trinajstić information content (AvgIpc) is 3.22. The number of rotatable bonds is 8. The molecule has 0 aromatic carbocycles. The summed E-state index contributed by atoms with van der Waals surface area (Å²) in [5.41, 5.74) is -0.465. The Balaban J connectivity index is 1.96. The third kappa shape index (κ3) is 6.45. The van der Waals surface area contributed by atoms with Crippen LogP contribution in [0.25, 0.3) is 0 Å². The maximum absolute atomic E-state index is 12.4. The first-order chi connectivity index (χ1) is 11.9. The van der Waals surface area contributed by atoms with Gasteiger partial charge in [-0.3, -0.25) is 0 Å². The highest BCUT2D eigenvalue weighted by atomic mass is 32.1. The second-order valence-electron chi connectivity index (χ2n) is 6.89. The summed E-state index contributed by atoms with van der Waals surface area (Å²) < 4.78 is 5.52. The van der Waals surface area contributed by atoms with Gasteiger partial charge in [0.25, 0.3) is 0 Å². The molecule has 0 aliphatic heterocycles. The van der Waals surface area contributed by atoms with Crippen molar-refractivity contribution >= 4 is 28.8 Å². The Bertz CT molecular complexity index is 584. The number of ether oxygens (including phenoxy) is 1. The zero-order chi connectivity index (χ0) is 18.3. The molecule has 0 bridgehead atoms. The van der Waals surface area contributed by atoms with E-state index >= 15 is 0 Å². The lowest BCUT2D eigenvalue weighted by molar-refractivity contribution is 0.0251. The van der Waals surface area contributed by atoms with Crippen LogP contribution in [0, 0.1) is 0 Å². The van der Waals surface area contributed by atoms with Crippen molar-refractivity contribution in [3.63, 3.8) is 0 Å². The van der Waals surface area contributed by atoms with Crippen molar-refractivity contribution in [1.29, 1.82) is 0 Å². The molecule has 0 saturated carbocycles.